The van der Waals surface area contributed by atoms with Crippen LogP contribution in [0.1, 0.15) is 0 Å². The maximum Gasteiger partial charge on any atom is 0.174 e. The van der Waals surface area contributed by atoms with Gasteiger partial charge in [-0.2, -0.15) is 0 Å². The molecule has 110 valence electrons. The zero-order chi connectivity index (χ0) is 15.1. The number of hydrogen-bond acceptors (Lipinski definition) is 4. The second-order valence-corrected chi connectivity index (χ2v) is 4.40. The summed E-state index contributed by atoms with van der Waals surface area (Å²) in [6.45, 7) is 0. The third kappa shape index (κ3) is 4.22. The van der Waals surface area contributed by atoms with Crippen LogP contribution in [0.25, 0.3) is 6.20 Å². The van der Waals surface area contributed by atoms with Crippen molar-refractivity contribution in [3.05, 3.63) is 43.1 Å². The van der Waals surface area contributed by atoms with E-state index in [1.807, 2.05) is 24.4 Å². The van der Waals surface area contributed by atoms with Crippen molar-refractivity contribution in [2.24, 2.45) is 0 Å². The number of methoxy groups -OCH3 is 2. The summed E-state index contributed by atoms with van der Waals surface area (Å²) in [5.41, 5.74) is 0.807. The predicted octanol–water partition coefficient (Wildman–Crippen LogP) is 2.32. The molecule has 21 heavy (non-hydrogen) atoms. The molecule has 1 aromatic carbocycles. The minimum atomic E-state index is 0.471. The van der Waals surface area contributed by atoms with Crippen LogP contribution in [0.5, 0.6) is 11.5 Å². The van der Waals surface area contributed by atoms with Gasteiger partial charge in [0.1, 0.15) is 0 Å². The van der Waals surface area contributed by atoms with Gasteiger partial charge in [0.05, 0.1) is 20.5 Å². The molecule has 2 rings (SSSR count). The van der Waals surface area contributed by atoms with E-state index in [1.165, 1.54) is 0 Å². The molecule has 0 spiro atoms. The SMILES string of the molecule is COc1ccc(NC(=S)N/C=C\n2ccnc2)cc1OC. The second-order valence-electron chi connectivity index (χ2n) is 3.99. The van der Waals surface area contributed by atoms with Gasteiger partial charge in [-0.1, -0.05) is 0 Å². The first-order valence-corrected chi connectivity index (χ1v) is 6.57. The third-order valence-corrected chi connectivity index (χ3v) is 2.85. The molecule has 0 aliphatic rings. The van der Waals surface area contributed by atoms with Crippen molar-refractivity contribution in [3.63, 3.8) is 0 Å². The lowest BCUT2D eigenvalue weighted by Crippen LogP contribution is -2.23. The first-order valence-electron chi connectivity index (χ1n) is 6.16. The number of aromatic nitrogens is 2. The molecule has 0 amide bonds. The van der Waals surface area contributed by atoms with Crippen molar-refractivity contribution in [2.45, 2.75) is 0 Å². The summed E-state index contributed by atoms with van der Waals surface area (Å²) in [5.74, 6) is 1.31. The van der Waals surface area contributed by atoms with E-state index in [2.05, 4.69) is 15.6 Å². The first-order chi connectivity index (χ1) is 10.2. The van der Waals surface area contributed by atoms with Gasteiger partial charge in [-0.25, -0.2) is 4.98 Å². The molecular weight excluding hydrogens is 288 g/mol. The molecule has 0 bridgehead atoms. The highest BCUT2D eigenvalue weighted by Gasteiger charge is 2.04. The highest BCUT2D eigenvalue weighted by Crippen LogP contribution is 2.29. The number of benzene rings is 1. The summed E-state index contributed by atoms with van der Waals surface area (Å²) >= 11 is 5.20. The van der Waals surface area contributed by atoms with E-state index >= 15 is 0 Å². The van der Waals surface area contributed by atoms with E-state index in [-0.39, 0.29) is 0 Å². The maximum atomic E-state index is 5.24. The van der Waals surface area contributed by atoms with Crippen molar-refractivity contribution in [2.75, 3.05) is 19.5 Å². The summed E-state index contributed by atoms with van der Waals surface area (Å²) < 4.78 is 12.2. The van der Waals surface area contributed by atoms with E-state index in [0.717, 1.165) is 5.69 Å². The molecule has 1 heterocycles. The van der Waals surface area contributed by atoms with Gasteiger partial charge in [-0.05, 0) is 24.4 Å². The fraction of sp³-hybridized carbons (Fsp3) is 0.143. The van der Waals surface area contributed by atoms with Crippen molar-refractivity contribution < 1.29 is 9.47 Å². The molecule has 0 fully saturated rings. The Morgan fingerprint density at radius 3 is 2.76 bits per heavy atom. The van der Waals surface area contributed by atoms with Gasteiger partial charge in [0.2, 0.25) is 0 Å². The summed E-state index contributed by atoms with van der Waals surface area (Å²) in [6, 6.07) is 5.48. The number of thiocarbonyl (C=S) groups is 1. The summed E-state index contributed by atoms with van der Waals surface area (Å²) in [4.78, 5) is 3.93. The van der Waals surface area contributed by atoms with Gasteiger partial charge in [0.15, 0.2) is 16.6 Å². The molecule has 0 radical (unpaired) electrons. The Morgan fingerprint density at radius 1 is 1.29 bits per heavy atom. The molecule has 1 aromatic heterocycles. The fourth-order valence-electron chi connectivity index (χ4n) is 1.64. The Balaban J connectivity index is 1.93. The number of anilines is 1. The van der Waals surface area contributed by atoms with Gasteiger partial charge >= 0.3 is 0 Å². The van der Waals surface area contributed by atoms with Gasteiger partial charge in [0, 0.05) is 36.5 Å². The summed E-state index contributed by atoms with van der Waals surface area (Å²) in [5, 5.41) is 6.48. The lowest BCUT2D eigenvalue weighted by atomic mass is 10.3. The van der Waals surface area contributed by atoms with Crippen LogP contribution in [0.3, 0.4) is 0 Å². The van der Waals surface area contributed by atoms with E-state index in [1.54, 1.807) is 43.7 Å². The number of ether oxygens (including phenoxy) is 2. The van der Waals surface area contributed by atoms with Crippen LogP contribution >= 0.6 is 12.2 Å². The van der Waals surface area contributed by atoms with Gasteiger partial charge in [0.25, 0.3) is 0 Å². The van der Waals surface area contributed by atoms with Crippen molar-refractivity contribution >= 4 is 29.2 Å². The Kier molecular flexibility index (Phi) is 5.16. The average Bonchev–Trinajstić information content (AvgIpc) is 3.00. The number of hydrogen-bond donors (Lipinski definition) is 2. The average molecular weight is 304 g/mol. The first kappa shape index (κ1) is 14.9. The number of imidazole rings is 1. The molecule has 0 aliphatic carbocycles. The van der Waals surface area contributed by atoms with Gasteiger partial charge in [-0.3, -0.25) is 0 Å². The topological polar surface area (TPSA) is 60.3 Å². The minimum Gasteiger partial charge on any atom is -0.493 e. The molecule has 6 nitrogen and oxygen atoms in total. The number of nitrogens with one attached hydrogen (secondary N) is 2. The molecule has 2 N–H and O–H groups in total. The zero-order valence-corrected chi connectivity index (χ0v) is 12.6. The molecule has 0 atom stereocenters. The third-order valence-electron chi connectivity index (χ3n) is 2.63. The second kappa shape index (κ2) is 7.30. The lowest BCUT2D eigenvalue weighted by Gasteiger charge is -2.11. The standard InChI is InChI=1S/C14H16N4O2S/c1-19-12-4-3-11(9-13(12)20-2)17-14(21)16-6-8-18-7-5-15-10-18/h3-10H,1-2H3,(H2,16,17,21)/b8-6-. The van der Waals surface area contributed by atoms with E-state index in [4.69, 9.17) is 21.7 Å². The van der Waals surface area contributed by atoms with Crippen molar-refractivity contribution in [3.8, 4) is 11.5 Å². The Bertz CT molecular complexity index is 626. The van der Waals surface area contributed by atoms with Crippen LogP contribution < -0.4 is 20.1 Å². The molecule has 0 unspecified atom stereocenters. The molecule has 2 aromatic rings. The van der Waals surface area contributed by atoms with Gasteiger partial charge in [-0.15, -0.1) is 0 Å². The van der Waals surface area contributed by atoms with Crippen LogP contribution in [0.15, 0.2) is 43.1 Å². The molecule has 0 saturated heterocycles. The zero-order valence-electron chi connectivity index (χ0n) is 11.7. The number of rotatable bonds is 5. The normalized spacial score (nSPS) is 10.4. The van der Waals surface area contributed by atoms with E-state index in [0.29, 0.717) is 16.6 Å². The predicted molar refractivity (Wildman–Crippen MR) is 86.5 cm³/mol. The molecule has 7 heteroatoms. The van der Waals surface area contributed by atoms with Crippen LogP contribution in [0.4, 0.5) is 5.69 Å². The fourth-order valence-corrected chi connectivity index (χ4v) is 1.82. The van der Waals surface area contributed by atoms with Crippen LogP contribution in [-0.4, -0.2) is 28.9 Å². The smallest absolute Gasteiger partial charge is 0.174 e. The number of nitrogens with zero attached hydrogens (tertiary/aromatic N) is 2. The molecule has 0 aliphatic heterocycles. The van der Waals surface area contributed by atoms with Gasteiger partial charge < -0.3 is 24.7 Å². The van der Waals surface area contributed by atoms with Crippen LogP contribution in [0, 0.1) is 0 Å². The maximum absolute atomic E-state index is 5.24. The quantitative estimate of drug-likeness (QED) is 0.827. The lowest BCUT2D eigenvalue weighted by molar-refractivity contribution is 0.355. The van der Waals surface area contributed by atoms with E-state index in [9.17, 15) is 0 Å². The molecular formula is C14H16N4O2S. The largest absolute Gasteiger partial charge is 0.493 e. The van der Waals surface area contributed by atoms with Crippen LogP contribution in [0.2, 0.25) is 0 Å². The Hall–Kier alpha value is -2.54. The monoisotopic (exact) mass is 304 g/mol. The highest BCUT2D eigenvalue weighted by molar-refractivity contribution is 7.80. The van der Waals surface area contributed by atoms with Crippen molar-refractivity contribution in [1.29, 1.82) is 0 Å². The highest BCUT2D eigenvalue weighted by atomic mass is 32.1. The minimum absolute atomic E-state index is 0.471. The Morgan fingerprint density at radius 2 is 2.10 bits per heavy atom. The van der Waals surface area contributed by atoms with E-state index < -0.39 is 0 Å². The van der Waals surface area contributed by atoms with Crippen molar-refractivity contribution in [1.82, 2.24) is 14.9 Å². The Labute approximate surface area is 128 Å². The van der Waals surface area contributed by atoms with Crippen LogP contribution in [-0.2, 0) is 0 Å². The summed E-state index contributed by atoms with van der Waals surface area (Å²) in [7, 11) is 3.18. The molecule has 0 saturated carbocycles. The summed E-state index contributed by atoms with van der Waals surface area (Å²) in [6.07, 6.45) is 8.73.